The third-order valence-electron chi connectivity index (χ3n) is 4.46. The number of nitrogens with zero attached hydrogens (tertiary/aromatic N) is 2. The van der Waals surface area contributed by atoms with Crippen LogP contribution in [-0.4, -0.2) is 16.7 Å². The Morgan fingerprint density at radius 2 is 1.93 bits per heavy atom. The predicted molar refractivity (Wildman–Crippen MR) is 116 cm³/mol. The molecule has 0 aliphatic carbocycles. The zero-order valence-corrected chi connectivity index (χ0v) is 18.2. The molecular weight excluding hydrogens is 422 g/mol. The van der Waals surface area contributed by atoms with Gasteiger partial charge in [0.05, 0.1) is 12.6 Å². The highest BCUT2D eigenvalue weighted by molar-refractivity contribution is 9.10. The fourth-order valence-corrected chi connectivity index (χ4v) is 4.08. The van der Waals surface area contributed by atoms with Gasteiger partial charge in [0.25, 0.3) is 0 Å². The van der Waals surface area contributed by atoms with Gasteiger partial charge in [-0.1, -0.05) is 22.0 Å². The number of halogens is 1. The number of carbonyl (C=O) groups is 1. The summed E-state index contributed by atoms with van der Waals surface area (Å²) in [4.78, 5) is 13.0. The molecule has 0 radical (unpaired) electrons. The molecule has 4 nitrogen and oxygen atoms in total. The van der Waals surface area contributed by atoms with Crippen LogP contribution in [0.3, 0.4) is 0 Å². The lowest BCUT2D eigenvalue weighted by Gasteiger charge is -2.13. The van der Waals surface area contributed by atoms with E-state index in [0.29, 0.717) is 6.42 Å². The Kier molecular flexibility index (Phi) is 5.97. The number of thiophene rings is 1. The summed E-state index contributed by atoms with van der Waals surface area (Å²) in [6, 6.07) is 10.3. The summed E-state index contributed by atoms with van der Waals surface area (Å²) in [5.41, 5.74) is 9.35. The number of hydrogen-bond acceptors (Lipinski definition) is 3. The summed E-state index contributed by atoms with van der Waals surface area (Å²) in [5, 5.41) is 6.10. The van der Waals surface area contributed by atoms with Crippen LogP contribution in [-0.2, 0) is 11.2 Å². The molecule has 140 valence electrons. The molecule has 0 bridgehead atoms. The van der Waals surface area contributed by atoms with Gasteiger partial charge in [0.15, 0.2) is 0 Å². The molecule has 0 unspecified atom stereocenters. The van der Waals surface area contributed by atoms with Crippen molar-refractivity contribution in [1.29, 1.82) is 0 Å². The average Bonchev–Trinajstić information content (AvgIpc) is 3.20. The minimum Gasteiger partial charge on any atom is -0.318 e. The van der Waals surface area contributed by atoms with Crippen LogP contribution >= 0.6 is 27.3 Å². The smallest absolute Gasteiger partial charge is 0.245 e. The highest BCUT2D eigenvalue weighted by Gasteiger charge is 2.12. The lowest BCUT2D eigenvalue weighted by molar-refractivity contribution is -0.120. The van der Waals surface area contributed by atoms with Crippen LogP contribution in [0.25, 0.3) is 5.69 Å². The van der Waals surface area contributed by atoms with E-state index in [1.807, 2.05) is 17.5 Å². The van der Waals surface area contributed by atoms with E-state index < -0.39 is 0 Å². The molecule has 0 saturated carbocycles. The van der Waals surface area contributed by atoms with Crippen LogP contribution in [0.1, 0.15) is 33.0 Å². The van der Waals surface area contributed by atoms with Crippen molar-refractivity contribution in [2.45, 2.75) is 34.1 Å². The molecule has 3 aromatic rings. The second-order valence-electron chi connectivity index (χ2n) is 6.60. The molecule has 1 N–H and O–H groups in total. The molecular formula is C21H22BrN3OS. The van der Waals surface area contributed by atoms with Gasteiger partial charge >= 0.3 is 0 Å². The van der Waals surface area contributed by atoms with Crippen LogP contribution in [0.2, 0.25) is 0 Å². The second-order valence-corrected chi connectivity index (χ2v) is 8.43. The van der Waals surface area contributed by atoms with Crippen LogP contribution in [0, 0.1) is 27.7 Å². The molecule has 0 spiro atoms. The number of carbonyl (C=O) groups excluding carboxylic acids is 1. The Bertz CT molecular complexity index is 980. The Morgan fingerprint density at radius 3 is 2.56 bits per heavy atom. The van der Waals surface area contributed by atoms with Crippen molar-refractivity contribution in [3.05, 3.63) is 73.1 Å². The number of amides is 1. The zero-order valence-electron chi connectivity index (χ0n) is 15.8. The van der Waals surface area contributed by atoms with E-state index in [1.165, 1.54) is 11.1 Å². The van der Waals surface area contributed by atoms with Crippen molar-refractivity contribution < 1.29 is 4.79 Å². The van der Waals surface area contributed by atoms with Crippen LogP contribution in [0.5, 0.6) is 0 Å². The Labute approximate surface area is 172 Å². The molecule has 27 heavy (non-hydrogen) atoms. The minimum atomic E-state index is -0.110. The zero-order chi connectivity index (χ0) is 19.6. The van der Waals surface area contributed by atoms with Crippen molar-refractivity contribution in [2.24, 2.45) is 5.10 Å². The average molecular weight is 444 g/mol. The molecule has 0 atom stereocenters. The van der Waals surface area contributed by atoms with Crippen molar-refractivity contribution in [1.82, 2.24) is 9.99 Å². The van der Waals surface area contributed by atoms with Gasteiger partial charge in [-0.05, 0) is 68.5 Å². The van der Waals surface area contributed by atoms with Crippen molar-refractivity contribution >= 4 is 39.4 Å². The fourth-order valence-electron chi connectivity index (χ4n) is 3.15. The summed E-state index contributed by atoms with van der Waals surface area (Å²) < 4.78 is 3.35. The topological polar surface area (TPSA) is 46.4 Å². The van der Waals surface area contributed by atoms with E-state index in [1.54, 1.807) is 17.6 Å². The number of nitrogens with one attached hydrogen (secondary N) is 1. The summed E-state index contributed by atoms with van der Waals surface area (Å²) in [6.45, 7) is 8.33. The molecule has 2 aromatic heterocycles. The maximum Gasteiger partial charge on any atom is 0.245 e. The summed E-state index contributed by atoms with van der Waals surface area (Å²) in [6.07, 6.45) is 2.06. The minimum absolute atomic E-state index is 0.110. The molecule has 6 heteroatoms. The molecule has 0 aliphatic rings. The van der Waals surface area contributed by atoms with Gasteiger partial charge in [-0.15, -0.1) is 11.3 Å². The highest BCUT2D eigenvalue weighted by Crippen LogP contribution is 2.27. The van der Waals surface area contributed by atoms with Crippen LogP contribution in [0.15, 0.2) is 45.3 Å². The Balaban J connectivity index is 1.78. The van der Waals surface area contributed by atoms with Crippen LogP contribution in [0.4, 0.5) is 0 Å². The number of hydrogen-bond donors (Lipinski definition) is 1. The highest BCUT2D eigenvalue weighted by atomic mass is 79.9. The van der Waals surface area contributed by atoms with Gasteiger partial charge in [-0.3, -0.25) is 4.79 Å². The van der Waals surface area contributed by atoms with E-state index in [4.69, 9.17) is 0 Å². The SMILES string of the molecule is Cc1cc(-n2c(C)cc(/C=N\NC(=O)Cc3cccs3)c2C)cc(C)c1Br. The molecule has 0 fully saturated rings. The van der Waals surface area contributed by atoms with Gasteiger partial charge in [-0.2, -0.15) is 5.10 Å². The molecule has 0 saturated heterocycles. The van der Waals surface area contributed by atoms with E-state index in [-0.39, 0.29) is 5.91 Å². The molecule has 1 aromatic carbocycles. The van der Waals surface area contributed by atoms with Gasteiger partial charge in [0, 0.05) is 32.0 Å². The molecule has 2 heterocycles. The summed E-state index contributed by atoms with van der Waals surface area (Å²) in [5.74, 6) is -0.110. The fraction of sp³-hybridized carbons (Fsp3) is 0.238. The number of benzene rings is 1. The maximum absolute atomic E-state index is 12.0. The maximum atomic E-state index is 12.0. The Hall–Kier alpha value is -2.18. The van der Waals surface area contributed by atoms with E-state index >= 15 is 0 Å². The summed E-state index contributed by atoms with van der Waals surface area (Å²) in [7, 11) is 0. The first-order valence-electron chi connectivity index (χ1n) is 8.67. The number of hydrazone groups is 1. The van der Waals surface area contributed by atoms with Gasteiger partial charge in [0.1, 0.15) is 0 Å². The second kappa shape index (κ2) is 8.23. The number of aryl methyl sites for hydroxylation is 3. The largest absolute Gasteiger partial charge is 0.318 e. The van der Waals surface area contributed by atoms with Crippen molar-refractivity contribution in [3.8, 4) is 5.69 Å². The number of rotatable bonds is 5. The molecule has 3 rings (SSSR count). The quantitative estimate of drug-likeness (QED) is 0.425. The lowest BCUT2D eigenvalue weighted by atomic mass is 10.1. The first-order chi connectivity index (χ1) is 12.9. The normalized spacial score (nSPS) is 11.3. The standard InChI is InChI=1S/C21H22BrN3OS/c1-13-8-18(9-14(2)21(13)22)25-15(3)10-17(16(25)4)12-23-24-20(26)11-19-6-5-7-27-19/h5-10,12H,11H2,1-4H3,(H,24,26)/b23-12-. The molecule has 1 amide bonds. The third-order valence-corrected chi connectivity index (χ3v) is 6.58. The van der Waals surface area contributed by atoms with Crippen molar-refractivity contribution in [2.75, 3.05) is 0 Å². The number of aromatic nitrogens is 1. The van der Waals surface area contributed by atoms with Gasteiger partial charge in [0.2, 0.25) is 5.91 Å². The lowest BCUT2D eigenvalue weighted by Crippen LogP contribution is -2.19. The van der Waals surface area contributed by atoms with Gasteiger partial charge < -0.3 is 4.57 Å². The van der Waals surface area contributed by atoms with Gasteiger partial charge in [-0.25, -0.2) is 5.43 Å². The molecule has 0 aliphatic heterocycles. The predicted octanol–water partition coefficient (Wildman–Crippen LogP) is 5.23. The van der Waals surface area contributed by atoms with Crippen LogP contribution < -0.4 is 5.43 Å². The van der Waals surface area contributed by atoms with Crippen molar-refractivity contribution in [3.63, 3.8) is 0 Å². The Morgan fingerprint density at radius 1 is 1.22 bits per heavy atom. The monoisotopic (exact) mass is 443 g/mol. The summed E-state index contributed by atoms with van der Waals surface area (Å²) >= 11 is 5.20. The third kappa shape index (κ3) is 4.39. The first kappa shape index (κ1) is 19.6. The first-order valence-corrected chi connectivity index (χ1v) is 10.3. The van der Waals surface area contributed by atoms with E-state index in [9.17, 15) is 4.79 Å². The van der Waals surface area contributed by atoms with E-state index in [2.05, 4.69) is 76.9 Å². The van der Waals surface area contributed by atoms with E-state index in [0.717, 1.165) is 32.0 Å².